The highest BCUT2D eigenvalue weighted by atomic mass is 16.5. The molecule has 0 amide bonds. The van der Waals surface area contributed by atoms with Crippen LogP contribution in [0.2, 0.25) is 0 Å². The standard InChI is InChI=1S/C15H22N2O/c1-7(2)5-10-14(17-18-15(10)16)13-11-8-3-4-9(6-8)12(11)13/h7-9,11-13H,3-6,16H2,1-2H3. The molecule has 4 unspecified atom stereocenters. The first-order valence-corrected chi connectivity index (χ1v) is 7.40. The summed E-state index contributed by atoms with van der Waals surface area (Å²) in [7, 11) is 0. The van der Waals surface area contributed by atoms with Crippen molar-refractivity contribution in [2.24, 2.45) is 29.6 Å². The van der Waals surface area contributed by atoms with Gasteiger partial charge in [-0.3, -0.25) is 0 Å². The molecule has 2 bridgehead atoms. The van der Waals surface area contributed by atoms with Crippen molar-refractivity contribution in [1.82, 2.24) is 5.16 Å². The zero-order chi connectivity index (χ0) is 12.4. The van der Waals surface area contributed by atoms with E-state index in [0.29, 0.717) is 17.7 Å². The number of nitrogens with zero attached hydrogens (tertiary/aromatic N) is 1. The number of hydrogen-bond donors (Lipinski definition) is 1. The van der Waals surface area contributed by atoms with Crippen molar-refractivity contribution in [2.75, 3.05) is 5.73 Å². The largest absolute Gasteiger partial charge is 0.367 e. The summed E-state index contributed by atoms with van der Waals surface area (Å²) in [4.78, 5) is 0. The minimum atomic E-state index is 0.566. The van der Waals surface area contributed by atoms with Gasteiger partial charge in [0.15, 0.2) is 0 Å². The molecule has 3 heteroatoms. The summed E-state index contributed by atoms with van der Waals surface area (Å²) in [5, 5.41) is 4.31. The Morgan fingerprint density at radius 1 is 1.28 bits per heavy atom. The third-order valence-electron chi connectivity index (χ3n) is 5.51. The zero-order valence-corrected chi connectivity index (χ0v) is 11.2. The Morgan fingerprint density at radius 3 is 2.56 bits per heavy atom. The molecule has 1 aromatic heterocycles. The second kappa shape index (κ2) is 3.52. The number of nitrogens with two attached hydrogens (primary N) is 1. The maximum absolute atomic E-state index is 5.96. The number of fused-ring (bicyclic) bond motifs is 5. The first kappa shape index (κ1) is 10.9. The van der Waals surface area contributed by atoms with E-state index < -0.39 is 0 Å². The molecule has 0 radical (unpaired) electrons. The van der Waals surface area contributed by atoms with E-state index >= 15 is 0 Å². The van der Waals surface area contributed by atoms with Gasteiger partial charge in [0.25, 0.3) is 0 Å². The average Bonchev–Trinajstić information content (AvgIpc) is 2.66. The van der Waals surface area contributed by atoms with Crippen LogP contribution in [0, 0.1) is 29.6 Å². The molecule has 0 spiro atoms. The molecule has 3 nitrogen and oxygen atoms in total. The van der Waals surface area contributed by atoms with Crippen LogP contribution in [-0.4, -0.2) is 5.16 Å². The monoisotopic (exact) mass is 246 g/mol. The fourth-order valence-electron chi connectivity index (χ4n) is 4.90. The smallest absolute Gasteiger partial charge is 0.225 e. The average molecular weight is 246 g/mol. The Labute approximate surface area is 108 Å². The lowest BCUT2D eigenvalue weighted by Gasteiger charge is -2.09. The van der Waals surface area contributed by atoms with Crippen LogP contribution in [0.3, 0.4) is 0 Å². The topological polar surface area (TPSA) is 52.0 Å². The lowest BCUT2D eigenvalue weighted by Crippen LogP contribution is -2.04. The molecule has 0 saturated heterocycles. The molecule has 18 heavy (non-hydrogen) atoms. The highest BCUT2D eigenvalue weighted by Gasteiger charge is 2.66. The molecule has 2 N–H and O–H groups in total. The second-order valence-corrected chi connectivity index (χ2v) is 7.02. The fourth-order valence-corrected chi connectivity index (χ4v) is 4.90. The summed E-state index contributed by atoms with van der Waals surface area (Å²) in [6.45, 7) is 4.46. The third-order valence-corrected chi connectivity index (χ3v) is 5.51. The second-order valence-electron chi connectivity index (χ2n) is 7.02. The predicted octanol–water partition coefficient (Wildman–Crippen LogP) is 3.21. The molecule has 1 aromatic rings. The SMILES string of the molecule is CC(C)Cc1c(C2C3C4CCC(C4)C23)noc1N. The van der Waals surface area contributed by atoms with Gasteiger partial charge in [-0.05, 0) is 55.3 Å². The van der Waals surface area contributed by atoms with E-state index in [4.69, 9.17) is 10.3 Å². The summed E-state index contributed by atoms with van der Waals surface area (Å²) in [6, 6.07) is 0. The van der Waals surface area contributed by atoms with Gasteiger partial charge in [0.1, 0.15) is 0 Å². The van der Waals surface area contributed by atoms with Crippen LogP contribution in [-0.2, 0) is 6.42 Å². The lowest BCUT2D eigenvalue weighted by molar-refractivity contribution is 0.417. The zero-order valence-electron chi connectivity index (χ0n) is 11.2. The highest BCUT2D eigenvalue weighted by molar-refractivity contribution is 5.44. The molecule has 3 saturated carbocycles. The minimum Gasteiger partial charge on any atom is -0.367 e. The minimum absolute atomic E-state index is 0.566. The third kappa shape index (κ3) is 1.33. The Bertz CT molecular complexity index is 463. The quantitative estimate of drug-likeness (QED) is 0.891. The van der Waals surface area contributed by atoms with Crippen molar-refractivity contribution < 1.29 is 4.52 Å². The summed E-state index contributed by atoms with van der Waals surface area (Å²) in [5.74, 6) is 5.66. The van der Waals surface area contributed by atoms with Crippen LogP contribution in [0.5, 0.6) is 0 Å². The molecule has 3 aliphatic carbocycles. The number of anilines is 1. The molecule has 4 rings (SSSR count). The van der Waals surface area contributed by atoms with Crippen molar-refractivity contribution in [3.05, 3.63) is 11.3 Å². The van der Waals surface area contributed by atoms with Gasteiger partial charge in [-0.15, -0.1) is 0 Å². The van der Waals surface area contributed by atoms with Gasteiger partial charge < -0.3 is 10.3 Å². The van der Waals surface area contributed by atoms with E-state index in [1.807, 2.05) is 0 Å². The van der Waals surface area contributed by atoms with Crippen molar-refractivity contribution in [2.45, 2.75) is 45.4 Å². The van der Waals surface area contributed by atoms with Gasteiger partial charge in [-0.2, -0.15) is 0 Å². The van der Waals surface area contributed by atoms with Crippen molar-refractivity contribution >= 4 is 5.88 Å². The van der Waals surface area contributed by atoms with E-state index in [2.05, 4.69) is 19.0 Å². The van der Waals surface area contributed by atoms with Gasteiger partial charge in [0.05, 0.1) is 5.69 Å². The molecule has 4 atom stereocenters. The van der Waals surface area contributed by atoms with E-state index in [1.54, 1.807) is 0 Å². The Balaban J connectivity index is 1.63. The van der Waals surface area contributed by atoms with E-state index in [0.717, 1.165) is 30.1 Å². The molecular weight excluding hydrogens is 224 g/mol. The maximum atomic E-state index is 5.96. The summed E-state index contributed by atoms with van der Waals surface area (Å²) in [5.41, 5.74) is 8.39. The molecule has 98 valence electrons. The number of aromatic nitrogens is 1. The maximum Gasteiger partial charge on any atom is 0.225 e. The first-order chi connectivity index (χ1) is 8.66. The Morgan fingerprint density at radius 2 is 1.94 bits per heavy atom. The number of rotatable bonds is 3. The predicted molar refractivity (Wildman–Crippen MR) is 70.0 cm³/mol. The van der Waals surface area contributed by atoms with E-state index in [1.165, 1.54) is 30.5 Å². The van der Waals surface area contributed by atoms with Gasteiger partial charge in [0.2, 0.25) is 5.88 Å². The van der Waals surface area contributed by atoms with Crippen LogP contribution in [0.15, 0.2) is 4.52 Å². The fraction of sp³-hybridized carbons (Fsp3) is 0.800. The molecule has 1 heterocycles. The summed E-state index contributed by atoms with van der Waals surface area (Å²) in [6.07, 6.45) is 5.40. The van der Waals surface area contributed by atoms with Crippen LogP contribution < -0.4 is 5.73 Å². The van der Waals surface area contributed by atoms with Crippen LogP contribution in [0.25, 0.3) is 0 Å². The molecule has 3 aliphatic rings. The molecular formula is C15H22N2O. The Hall–Kier alpha value is -0.990. The molecule has 0 aliphatic heterocycles. The number of nitrogen functional groups attached to an aromatic ring is 1. The van der Waals surface area contributed by atoms with Crippen molar-refractivity contribution in [3.8, 4) is 0 Å². The van der Waals surface area contributed by atoms with Crippen LogP contribution in [0.1, 0.15) is 50.3 Å². The van der Waals surface area contributed by atoms with Gasteiger partial charge >= 0.3 is 0 Å². The normalized spacial score (nSPS) is 40.5. The summed E-state index contributed by atoms with van der Waals surface area (Å²) < 4.78 is 5.28. The van der Waals surface area contributed by atoms with E-state index in [-0.39, 0.29) is 0 Å². The van der Waals surface area contributed by atoms with Crippen molar-refractivity contribution in [1.29, 1.82) is 0 Å². The molecule has 0 aromatic carbocycles. The van der Waals surface area contributed by atoms with Crippen LogP contribution >= 0.6 is 0 Å². The molecule has 3 fully saturated rings. The summed E-state index contributed by atoms with van der Waals surface area (Å²) >= 11 is 0. The van der Waals surface area contributed by atoms with Gasteiger partial charge in [-0.25, -0.2) is 0 Å². The van der Waals surface area contributed by atoms with Gasteiger partial charge in [-0.1, -0.05) is 19.0 Å². The van der Waals surface area contributed by atoms with E-state index in [9.17, 15) is 0 Å². The van der Waals surface area contributed by atoms with Gasteiger partial charge in [0, 0.05) is 11.5 Å². The highest BCUT2D eigenvalue weighted by Crippen LogP contribution is 2.73. The van der Waals surface area contributed by atoms with Crippen molar-refractivity contribution in [3.63, 3.8) is 0 Å². The van der Waals surface area contributed by atoms with Crippen LogP contribution in [0.4, 0.5) is 5.88 Å². The Kier molecular flexibility index (Phi) is 2.13. The number of hydrogen-bond acceptors (Lipinski definition) is 3. The lowest BCUT2D eigenvalue weighted by atomic mass is 9.95. The first-order valence-electron chi connectivity index (χ1n) is 7.40.